The summed E-state index contributed by atoms with van der Waals surface area (Å²) in [4.78, 5) is 17.3. The maximum atomic E-state index is 12.6. The fourth-order valence-corrected chi connectivity index (χ4v) is 3.46. The predicted octanol–water partition coefficient (Wildman–Crippen LogP) is 2.90. The minimum atomic E-state index is 0.0139. The molecule has 1 unspecified atom stereocenters. The Balaban J connectivity index is 2.24. The number of hydrogen-bond donors (Lipinski definition) is 0. The summed E-state index contributed by atoms with van der Waals surface area (Å²) in [5, 5.41) is 0.667. The second-order valence-corrected chi connectivity index (χ2v) is 6.25. The molecule has 4 nitrogen and oxygen atoms in total. The Morgan fingerprint density at radius 1 is 1.45 bits per heavy atom. The molecule has 0 saturated carbocycles. The molecule has 0 amide bonds. The number of nitrogens with zero attached hydrogens (tertiary/aromatic N) is 2. The van der Waals surface area contributed by atoms with Crippen LogP contribution in [0.4, 0.5) is 0 Å². The summed E-state index contributed by atoms with van der Waals surface area (Å²) in [5.74, 6) is 1.03. The van der Waals surface area contributed by atoms with Crippen LogP contribution in [-0.4, -0.2) is 22.8 Å². The van der Waals surface area contributed by atoms with E-state index < -0.39 is 0 Å². The zero-order valence-corrected chi connectivity index (χ0v) is 13.2. The average Bonchev–Trinajstić information content (AvgIpc) is 2.44. The first kappa shape index (κ1) is 13.8. The summed E-state index contributed by atoms with van der Waals surface area (Å²) in [6.07, 6.45) is 2.04. The molecule has 1 aliphatic rings. The Morgan fingerprint density at radius 2 is 2.25 bits per heavy atom. The molecule has 106 valence electrons. The smallest absolute Gasteiger partial charge is 0.261 e. The number of rotatable bonds is 1. The molecule has 1 saturated heterocycles. The normalized spacial score (nSPS) is 19.4. The van der Waals surface area contributed by atoms with E-state index in [9.17, 15) is 4.79 Å². The molecule has 3 rings (SSSR count). The third kappa shape index (κ3) is 2.29. The number of aromatic nitrogens is 2. The Labute approximate surface area is 125 Å². The van der Waals surface area contributed by atoms with Crippen LogP contribution in [0.3, 0.4) is 0 Å². The second kappa shape index (κ2) is 5.30. The van der Waals surface area contributed by atoms with Gasteiger partial charge in [-0.05, 0) is 53.4 Å². The topological polar surface area (TPSA) is 44.1 Å². The quantitative estimate of drug-likeness (QED) is 0.804. The summed E-state index contributed by atoms with van der Waals surface area (Å²) >= 11 is 3.52. The minimum absolute atomic E-state index is 0.0139. The van der Waals surface area contributed by atoms with Gasteiger partial charge in [-0.2, -0.15) is 0 Å². The number of halogens is 1. The van der Waals surface area contributed by atoms with Gasteiger partial charge >= 0.3 is 0 Å². The lowest BCUT2D eigenvalue weighted by Gasteiger charge is -2.23. The number of aryl methyl sites for hydroxylation is 1. The molecule has 0 radical (unpaired) electrons. The van der Waals surface area contributed by atoms with Gasteiger partial charge < -0.3 is 4.74 Å². The van der Waals surface area contributed by atoms with E-state index in [1.807, 2.05) is 19.1 Å². The highest BCUT2D eigenvalue weighted by atomic mass is 79.9. The van der Waals surface area contributed by atoms with Crippen molar-refractivity contribution in [1.82, 2.24) is 9.55 Å². The van der Waals surface area contributed by atoms with Crippen LogP contribution < -0.4 is 5.56 Å². The monoisotopic (exact) mass is 336 g/mol. The second-order valence-electron chi connectivity index (χ2n) is 5.39. The van der Waals surface area contributed by atoms with Crippen molar-refractivity contribution >= 4 is 26.8 Å². The first-order valence-corrected chi connectivity index (χ1v) is 7.61. The van der Waals surface area contributed by atoms with Gasteiger partial charge in [-0.25, -0.2) is 4.98 Å². The Kier molecular flexibility index (Phi) is 3.65. The first-order chi connectivity index (χ1) is 9.58. The van der Waals surface area contributed by atoms with Gasteiger partial charge in [0.2, 0.25) is 0 Å². The number of benzene rings is 1. The maximum absolute atomic E-state index is 12.6. The van der Waals surface area contributed by atoms with Crippen molar-refractivity contribution in [3.63, 3.8) is 0 Å². The van der Waals surface area contributed by atoms with E-state index in [-0.39, 0.29) is 11.5 Å². The fraction of sp³-hybridized carbons (Fsp3) is 0.467. The average molecular weight is 337 g/mol. The third-order valence-electron chi connectivity index (χ3n) is 3.84. The molecule has 1 atom stereocenters. The van der Waals surface area contributed by atoms with Crippen molar-refractivity contribution in [3.05, 3.63) is 38.3 Å². The van der Waals surface area contributed by atoms with E-state index in [1.165, 1.54) is 0 Å². The van der Waals surface area contributed by atoms with Crippen LogP contribution in [0.2, 0.25) is 0 Å². The Hall–Kier alpha value is -1.20. The van der Waals surface area contributed by atoms with Crippen LogP contribution in [0.25, 0.3) is 10.9 Å². The van der Waals surface area contributed by atoms with Crippen molar-refractivity contribution in [2.75, 3.05) is 13.2 Å². The molecule has 2 aromatic rings. The molecule has 0 N–H and O–H groups in total. The van der Waals surface area contributed by atoms with Crippen LogP contribution >= 0.6 is 15.9 Å². The molecular formula is C15H17BrN2O2. The first-order valence-electron chi connectivity index (χ1n) is 6.82. The van der Waals surface area contributed by atoms with Gasteiger partial charge in [0.05, 0.1) is 17.5 Å². The van der Waals surface area contributed by atoms with Gasteiger partial charge in [0.25, 0.3) is 5.56 Å². The highest BCUT2D eigenvalue weighted by Crippen LogP contribution is 2.27. The van der Waals surface area contributed by atoms with Crippen molar-refractivity contribution in [2.24, 2.45) is 7.05 Å². The van der Waals surface area contributed by atoms with E-state index in [0.29, 0.717) is 12.0 Å². The van der Waals surface area contributed by atoms with E-state index in [1.54, 1.807) is 11.6 Å². The van der Waals surface area contributed by atoms with Crippen LogP contribution in [0.5, 0.6) is 0 Å². The third-order valence-corrected chi connectivity index (χ3v) is 4.44. The van der Waals surface area contributed by atoms with Gasteiger partial charge in [-0.1, -0.05) is 0 Å². The highest BCUT2D eigenvalue weighted by molar-refractivity contribution is 9.10. The van der Waals surface area contributed by atoms with Gasteiger partial charge in [0.1, 0.15) is 5.82 Å². The molecule has 1 aliphatic heterocycles. The molecule has 5 heteroatoms. The lowest BCUT2D eigenvalue weighted by molar-refractivity contribution is 0.0770. The van der Waals surface area contributed by atoms with Crippen LogP contribution in [0.1, 0.15) is 30.1 Å². The molecular weight excluding hydrogens is 320 g/mol. The molecule has 2 heterocycles. The van der Waals surface area contributed by atoms with Gasteiger partial charge in [0, 0.05) is 24.0 Å². The summed E-state index contributed by atoms with van der Waals surface area (Å²) in [5.41, 5.74) is 1.82. The van der Waals surface area contributed by atoms with Gasteiger partial charge in [-0.3, -0.25) is 9.36 Å². The minimum Gasteiger partial charge on any atom is -0.381 e. The molecule has 1 aromatic carbocycles. The van der Waals surface area contributed by atoms with Crippen molar-refractivity contribution < 1.29 is 4.74 Å². The largest absolute Gasteiger partial charge is 0.381 e. The molecule has 1 aromatic heterocycles. The van der Waals surface area contributed by atoms with Gasteiger partial charge in [0.15, 0.2) is 0 Å². The lowest BCUT2D eigenvalue weighted by atomic mass is 10.0. The van der Waals surface area contributed by atoms with E-state index in [4.69, 9.17) is 9.72 Å². The number of fused-ring (bicyclic) bond motifs is 1. The van der Waals surface area contributed by atoms with E-state index >= 15 is 0 Å². The zero-order valence-electron chi connectivity index (χ0n) is 11.6. The number of ether oxygens (including phenoxy) is 1. The fourth-order valence-electron chi connectivity index (χ4n) is 2.80. The SMILES string of the molecule is Cc1cc(Br)c2nc(C3CCCOC3)n(C)c(=O)c2c1. The molecule has 1 fully saturated rings. The highest BCUT2D eigenvalue weighted by Gasteiger charge is 2.22. The maximum Gasteiger partial charge on any atom is 0.261 e. The van der Waals surface area contributed by atoms with Gasteiger partial charge in [-0.15, -0.1) is 0 Å². The standard InChI is InChI=1S/C15H17BrN2O2/c1-9-6-11-13(12(16)7-9)17-14(18(2)15(11)19)10-4-3-5-20-8-10/h6-7,10H,3-5,8H2,1-2H3. The summed E-state index contributed by atoms with van der Waals surface area (Å²) in [7, 11) is 1.80. The molecule has 0 bridgehead atoms. The van der Waals surface area contributed by atoms with E-state index in [2.05, 4.69) is 15.9 Å². The molecule has 0 spiro atoms. The number of hydrogen-bond acceptors (Lipinski definition) is 3. The summed E-state index contributed by atoms with van der Waals surface area (Å²) in [6.45, 7) is 3.43. The molecule has 20 heavy (non-hydrogen) atoms. The van der Waals surface area contributed by atoms with Crippen LogP contribution in [0, 0.1) is 6.92 Å². The van der Waals surface area contributed by atoms with E-state index in [0.717, 1.165) is 40.8 Å². The van der Waals surface area contributed by atoms with Crippen LogP contribution in [-0.2, 0) is 11.8 Å². The Morgan fingerprint density at radius 3 is 2.95 bits per heavy atom. The molecule has 0 aliphatic carbocycles. The lowest BCUT2D eigenvalue weighted by Crippen LogP contribution is -2.28. The van der Waals surface area contributed by atoms with Crippen molar-refractivity contribution in [2.45, 2.75) is 25.7 Å². The summed E-state index contributed by atoms with van der Waals surface area (Å²) < 4.78 is 8.08. The summed E-state index contributed by atoms with van der Waals surface area (Å²) in [6, 6.07) is 3.90. The Bertz CT molecular complexity index is 718. The van der Waals surface area contributed by atoms with Crippen molar-refractivity contribution in [3.8, 4) is 0 Å². The van der Waals surface area contributed by atoms with Crippen molar-refractivity contribution in [1.29, 1.82) is 0 Å². The predicted molar refractivity (Wildman–Crippen MR) is 82.2 cm³/mol. The van der Waals surface area contributed by atoms with Crippen LogP contribution in [0.15, 0.2) is 21.4 Å². The zero-order chi connectivity index (χ0) is 14.3.